The Labute approximate surface area is 213 Å². The number of likely N-dealkylation sites (N-methyl/N-ethyl adjacent to an activating group) is 1. The maximum absolute atomic E-state index is 13.5. The van der Waals surface area contributed by atoms with Gasteiger partial charge in [0.05, 0.1) is 32.2 Å². The molecule has 0 saturated carbocycles. The van der Waals surface area contributed by atoms with Crippen LogP contribution in [0.4, 0.5) is 0 Å². The van der Waals surface area contributed by atoms with Crippen LogP contribution in [-0.4, -0.2) is 101 Å². The molecule has 3 rings (SSSR count). The van der Waals surface area contributed by atoms with E-state index in [0.717, 1.165) is 5.56 Å². The molecule has 3 atom stereocenters. The summed E-state index contributed by atoms with van der Waals surface area (Å²) in [7, 11) is 5.60. The van der Waals surface area contributed by atoms with E-state index in [1.165, 1.54) is 0 Å². The molecule has 0 spiro atoms. The van der Waals surface area contributed by atoms with Crippen molar-refractivity contribution in [2.45, 2.75) is 32.4 Å². The van der Waals surface area contributed by atoms with Gasteiger partial charge in [0, 0.05) is 43.7 Å². The Hall–Kier alpha value is -3.48. The number of aliphatic hydroxyl groups excluding tert-OH is 1. The molecule has 0 aliphatic carbocycles. The zero-order chi connectivity index (χ0) is 26.2. The lowest BCUT2D eigenvalue weighted by molar-refractivity contribution is -0.130. The summed E-state index contributed by atoms with van der Waals surface area (Å²) in [5.74, 6) is 5.88. The summed E-state index contributed by atoms with van der Waals surface area (Å²) < 4.78 is 6.27. The van der Waals surface area contributed by atoms with Crippen LogP contribution in [0.15, 0.2) is 36.8 Å². The van der Waals surface area contributed by atoms with Crippen molar-refractivity contribution in [1.29, 1.82) is 0 Å². The minimum atomic E-state index is -0.408. The van der Waals surface area contributed by atoms with Gasteiger partial charge in [-0.3, -0.25) is 19.5 Å². The number of fused-ring (bicyclic) bond motifs is 1. The molecule has 2 aromatic rings. The van der Waals surface area contributed by atoms with Crippen LogP contribution >= 0.6 is 0 Å². The number of nitrogens with zero attached hydrogens (tertiary/aromatic N) is 5. The summed E-state index contributed by atoms with van der Waals surface area (Å²) in [4.78, 5) is 40.0. The van der Waals surface area contributed by atoms with Gasteiger partial charge < -0.3 is 19.6 Å². The Morgan fingerprint density at radius 3 is 2.69 bits per heavy atom. The van der Waals surface area contributed by atoms with Crippen LogP contribution in [0.2, 0.25) is 0 Å². The fraction of sp³-hybridized carbons (Fsp3) is 0.481. The number of hydrogen-bond acceptors (Lipinski definition) is 7. The number of aliphatic hydroxyl groups is 1. The van der Waals surface area contributed by atoms with Gasteiger partial charge in [0.1, 0.15) is 11.7 Å². The highest BCUT2D eigenvalue weighted by Crippen LogP contribution is 2.27. The summed E-state index contributed by atoms with van der Waals surface area (Å²) >= 11 is 0. The number of carbonyl (C=O) groups is 2. The smallest absolute Gasteiger partial charge is 0.259 e. The lowest BCUT2D eigenvalue weighted by atomic mass is 9.99. The number of aromatic nitrogens is 2. The van der Waals surface area contributed by atoms with Crippen LogP contribution in [-0.2, 0) is 11.2 Å². The number of ether oxygens (including phenoxy) is 1. The van der Waals surface area contributed by atoms with Crippen molar-refractivity contribution in [2.75, 3.05) is 47.4 Å². The number of pyridine rings is 2. The molecule has 0 radical (unpaired) electrons. The third kappa shape index (κ3) is 7.03. The maximum Gasteiger partial charge on any atom is 0.259 e. The Morgan fingerprint density at radius 2 is 2.03 bits per heavy atom. The highest BCUT2D eigenvalue weighted by atomic mass is 16.5. The first kappa shape index (κ1) is 27.1. The van der Waals surface area contributed by atoms with Crippen LogP contribution in [0, 0.1) is 17.8 Å². The zero-order valence-corrected chi connectivity index (χ0v) is 21.6. The van der Waals surface area contributed by atoms with E-state index in [-0.39, 0.29) is 42.7 Å². The molecule has 0 saturated heterocycles. The van der Waals surface area contributed by atoms with Gasteiger partial charge in [0.2, 0.25) is 11.8 Å². The van der Waals surface area contributed by atoms with Crippen molar-refractivity contribution >= 4 is 11.8 Å². The Morgan fingerprint density at radius 1 is 1.31 bits per heavy atom. The van der Waals surface area contributed by atoms with E-state index in [2.05, 4.69) is 21.8 Å². The van der Waals surface area contributed by atoms with Crippen molar-refractivity contribution in [3.05, 3.63) is 53.5 Å². The minimum Gasteiger partial charge on any atom is -0.472 e. The molecule has 36 heavy (non-hydrogen) atoms. The first-order valence-corrected chi connectivity index (χ1v) is 12.0. The van der Waals surface area contributed by atoms with E-state index in [0.29, 0.717) is 30.8 Å². The molecule has 0 aromatic carbocycles. The largest absolute Gasteiger partial charge is 0.472 e. The lowest BCUT2D eigenvalue weighted by Crippen LogP contribution is -2.50. The zero-order valence-electron chi connectivity index (χ0n) is 21.6. The molecule has 0 unspecified atom stereocenters. The van der Waals surface area contributed by atoms with Gasteiger partial charge in [-0.2, -0.15) is 0 Å². The molecule has 1 aliphatic heterocycles. The molecule has 1 aliphatic rings. The average molecular weight is 494 g/mol. The summed E-state index contributed by atoms with van der Waals surface area (Å²) in [5, 5.41) is 9.82. The van der Waals surface area contributed by atoms with Crippen molar-refractivity contribution < 1.29 is 19.4 Å². The van der Waals surface area contributed by atoms with Crippen LogP contribution in [0.5, 0.6) is 5.88 Å². The third-order valence-electron chi connectivity index (χ3n) is 6.13. The highest BCUT2D eigenvalue weighted by Gasteiger charge is 2.34. The predicted molar refractivity (Wildman–Crippen MR) is 136 cm³/mol. The molecular weight excluding hydrogens is 458 g/mol. The van der Waals surface area contributed by atoms with Crippen molar-refractivity contribution in [2.24, 2.45) is 5.92 Å². The lowest BCUT2D eigenvalue weighted by Gasteiger charge is -2.37. The topological polar surface area (TPSA) is 99.1 Å². The Bertz CT molecular complexity index is 1110. The molecule has 9 nitrogen and oxygen atoms in total. The molecule has 2 amide bonds. The van der Waals surface area contributed by atoms with E-state index in [9.17, 15) is 14.7 Å². The minimum absolute atomic E-state index is 0.0459. The summed E-state index contributed by atoms with van der Waals surface area (Å²) in [6.45, 7) is 4.89. The third-order valence-corrected chi connectivity index (χ3v) is 6.13. The molecule has 3 heterocycles. The van der Waals surface area contributed by atoms with Gasteiger partial charge in [0.15, 0.2) is 0 Å². The summed E-state index contributed by atoms with van der Waals surface area (Å²) in [6, 6.07) is 4.94. The predicted octanol–water partition coefficient (Wildman–Crippen LogP) is 1.31. The average Bonchev–Trinajstić information content (AvgIpc) is 2.86. The molecule has 0 bridgehead atoms. The second-order valence-electron chi connectivity index (χ2n) is 9.55. The van der Waals surface area contributed by atoms with Gasteiger partial charge in [-0.05, 0) is 44.8 Å². The molecule has 0 fully saturated rings. The van der Waals surface area contributed by atoms with Gasteiger partial charge >= 0.3 is 0 Å². The first-order chi connectivity index (χ1) is 17.2. The second kappa shape index (κ2) is 12.5. The molecule has 192 valence electrons. The summed E-state index contributed by atoms with van der Waals surface area (Å²) in [5.41, 5.74) is 1.80. The van der Waals surface area contributed by atoms with E-state index < -0.39 is 6.10 Å². The number of carbonyl (C=O) groups excluding carboxylic acids is 2. The monoisotopic (exact) mass is 493 g/mol. The van der Waals surface area contributed by atoms with Gasteiger partial charge in [-0.1, -0.05) is 18.8 Å². The molecule has 1 N–H and O–H groups in total. The van der Waals surface area contributed by atoms with Crippen molar-refractivity contribution in [3.63, 3.8) is 0 Å². The van der Waals surface area contributed by atoms with E-state index in [1.54, 1.807) is 48.4 Å². The fourth-order valence-corrected chi connectivity index (χ4v) is 3.87. The Kier molecular flexibility index (Phi) is 9.39. The fourth-order valence-electron chi connectivity index (χ4n) is 3.87. The molecule has 9 heteroatoms. The van der Waals surface area contributed by atoms with E-state index in [4.69, 9.17) is 4.74 Å². The summed E-state index contributed by atoms with van der Waals surface area (Å²) in [6.07, 6.45) is 4.78. The standard InChI is InChI=1S/C27H35N5O4/c1-19-16-32(20(2)18-33)27(35)23-13-22(7-6-12-30(3)4)15-29-26(23)36-24(19)17-31(5)25(34)14-21-8-10-28-11-9-21/h8-11,13,15,19-20,24,33H,12,14,16-18H2,1-5H3/t19-,20+,24+/m0/s1. The maximum atomic E-state index is 13.5. The van der Waals surface area contributed by atoms with Gasteiger partial charge in [-0.15, -0.1) is 0 Å². The van der Waals surface area contributed by atoms with Gasteiger partial charge in [-0.25, -0.2) is 4.98 Å². The van der Waals surface area contributed by atoms with Gasteiger partial charge in [0.25, 0.3) is 5.91 Å². The second-order valence-corrected chi connectivity index (χ2v) is 9.55. The molecule has 2 aromatic heterocycles. The number of hydrogen-bond donors (Lipinski definition) is 1. The van der Waals surface area contributed by atoms with Crippen LogP contribution in [0.3, 0.4) is 0 Å². The SMILES string of the molecule is C[C@H](CO)N1C[C@H](C)[C@@H](CN(C)C(=O)Cc2ccncc2)Oc2ncc(C#CCN(C)C)cc2C1=O. The normalized spacial score (nSPS) is 18.3. The van der Waals surface area contributed by atoms with E-state index >= 15 is 0 Å². The quantitative estimate of drug-likeness (QED) is 0.581. The van der Waals surface area contributed by atoms with Crippen LogP contribution < -0.4 is 4.74 Å². The Balaban J connectivity index is 1.87. The number of rotatable bonds is 7. The number of amides is 2. The molecular formula is C27H35N5O4. The van der Waals surface area contributed by atoms with Crippen molar-refractivity contribution in [3.8, 4) is 17.7 Å². The van der Waals surface area contributed by atoms with E-state index in [1.807, 2.05) is 38.1 Å². The highest BCUT2D eigenvalue weighted by molar-refractivity contribution is 5.97. The first-order valence-electron chi connectivity index (χ1n) is 12.0. The van der Waals surface area contributed by atoms with Crippen molar-refractivity contribution in [1.82, 2.24) is 24.7 Å². The van der Waals surface area contributed by atoms with Crippen LogP contribution in [0.25, 0.3) is 0 Å². The van der Waals surface area contributed by atoms with Crippen LogP contribution in [0.1, 0.15) is 35.3 Å².